The van der Waals surface area contributed by atoms with E-state index in [0.29, 0.717) is 24.1 Å². The summed E-state index contributed by atoms with van der Waals surface area (Å²) in [6, 6.07) is 7.63. The Kier molecular flexibility index (Phi) is 9.73. The van der Waals surface area contributed by atoms with Crippen LogP contribution in [-0.2, 0) is 13.0 Å². The third-order valence-corrected chi connectivity index (χ3v) is 3.55. The average molecular weight is 484 g/mol. The van der Waals surface area contributed by atoms with E-state index in [0.717, 1.165) is 16.6 Å². The lowest BCUT2D eigenvalue weighted by molar-refractivity contribution is 0.0671. The molecule has 2 aromatic rings. The number of hydrogen-bond donors (Lipinski definition) is 2. The van der Waals surface area contributed by atoms with Crippen molar-refractivity contribution in [2.75, 3.05) is 13.1 Å². The Hall–Kier alpha value is -1.42. The Morgan fingerprint density at radius 1 is 1.28 bits per heavy atom. The molecule has 0 aliphatic carbocycles. The molecule has 0 spiro atoms. The molecule has 0 bridgehead atoms. The van der Waals surface area contributed by atoms with Gasteiger partial charge in [0.1, 0.15) is 12.4 Å². The number of nitrogens with one attached hydrogen (secondary N) is 2. The number of imidazole rings is 1. The summed E-state index contributed by atoms with van der Waals surface area (Å²) >= 11 is 5.86. The van der Waals surface area contributed by atoms with Gasteiger partial charge in [-0.05, 0) is 31.0 Å². The smallest absolute Gasteiger partial charge is 0.319 e. The van der Waals surface area contributed by atoms with Crippen LogP contribution in [0.5, 0.6) is 0 Å². The zero-order valence-corrected chi connectivity index (χ0v) is 16.8. The van der Waals surface area contributed by atoms with E-state index in [-0.39, 0.29) is 36.3 Å². The normalized spacial score (nSPS) is 11.3. The fourth-order valence-corrected chi connectivity index (χ4v) is 2.24. The lowest BCUT2D eigenvalue weighted by atomic mass is 10.1. The van der Waals surface area contributed by atoms with E-state index in [1.54, 1.807) is 0 Å². The molecule has 0 saturated carbocycles. The maximum atomic E-state index is 12.8. The van der Waals surface area contributed by atoms with E-state index in [2.05, 4.69) is 20.6 Å². The summed E-state index contributed by atoms with van der Waals surface area (Å²) in [7, 11) is 0. The van der Waals surface area contributed by atoms with Crippen LogP contribution in [0.4, 0.5) is 8.78 Å². The molecule has 0 radical (unpaired) electrons. The first-order chi connectivity index (χ1) is 11.6. The van der Waals surface area contributed by atoms with Crippen molar-refractivity contribution in [1.29, 1.82) is 0 Å². The molecule has 25 heavy (non-hydrogen) atoms. The molecule has 0 fully saturated rings. The van der Waals surface area contributed by atoms with Crippen molar-refractivity contribution in [3.05, 3.63) is 53.1 Å². The van der Waals surface area contributed by atoms with Gasteiger partial charge in [-0.3, -0.25) is 4.57 Å². The molecule has 0 saturated heterocycles. The van der Waals surface area contributed by atoms with Gasteiger partial charge in [0.15, 0.2) is 5.96 Å². The molecule has 0 aliphatic heterocycles. The van der Waals surface area contributed by atoms with E-state index >= 15 is 0 Å². The topological polar surface area (TPSA) is 54.2 Å². The molecular formula is C16H21ClF2IN5. The highest BCUT2D eigenvalue weighted by molar-refractivity contribution is 14.0. The van der Waals surface area contributed by atoms with E-state index in [9.17, 15) is 8.78 Å². The summed E-state index contributed by atoms with van der Waals surface area (Å²) in [5, 5.41) is 6.96. The summed E-state index contributed by atoms with van der Waals surface area (Å²) in [5.41, 5.74) is 1.15. The number of halogens is 4. The predicted octanol–water partition coefficient (Wildman–Crippen LogP) is 3.85. The summed E-state index contributed by atoms with van der Waals surface area (Å²) in [6.07, 6.45) is 3.39. The first-order valence-corrected chi connectivity index (χ1v) is 8.04. The lowest BCUT2D eigenvalue weighted by Crippen LogP contribution is -2.38. The van der Waals surface area contributed by atoms with E-state index in [4.69, 9.17) is 11.6 Å². The van der Waals surface area contributed by atoms with Crippen molar-refractivity contribution in [3.63, 3.8) is 0 Å². The van der Waals surface area contributed by atoms with Crippen LogP contribution < -0.4 is 10.6 Å². The van der Waals surface area contributed by atoms with Gasteiger partial charge >= 0.3 is 6.55 Å². The molecule has 0 aliphatic rings. The molecule has 138 valence electrons. The van der Waals surface area contributed by atoms with E-state index < -0.39 is 6.55 Å². The van der Waals surface area contributed by atoms with Gasteiger partial charge in [0.25, 0.3) is 0 Å². The molecule has 9 heteroatoms. The minimum atomic E-state index is -2.61. The molecule has 2 rings (SSSR count). The summed E-state index contributed by atoms with van der Waals surface area (Å²) in [4.78, 5) is 8.21. The molecule has 5 nitrogen and oxygen atoms in total. The van der Waals surface area contributed by atoms with Crippen LogP contribution in [0.15, 0.2) is 41.7 Å². The Bertz CT molecular complexity index is 661. The molecule has 1 aromatic carbocycles. The highest BCUT2D eigenvalue weighted by atomic mass is 127. The molecule has 0 amide bonds. The van der Waals surface area contributed by atoms with Gasteiger partial charge in [0, 0.05) is 30.5 Å². The Balaban J connectivity index is 0.00000312. The SMILES string of the molecule is CCNC(=NCc1nccn1C(F)F)NCCc1ccc(Cl)cc1.I. The third kappa shape index (κ3) is 7.15. The van der Waals surface area contributed by atoms with E-state index in [1.165, 1.54) is 12.4 Å². The number of nitrogens with zero attached hydrogens (tertiary/aromatic N) is 3. The van der Waals surface area contributed by atoms with Crippen LogP contribution >= 0.6 is 35.6 Å². The quantitative estimate of drug-likeness (QED) is 0.357. The molecule has 0 unspecified atom stereocenters. The maximum Gasteiger partial charge on any atom is 0.319 e. The molecule has 1 aromatic heterocycles. The second-order valence-corrected chi connectivity index (χ2v) is 5.46. The van der Waals surface area contributed by atoms with Gasteiger partial charge in [0.05, 0.1) is 0 Å². The highest BCUT2D eigenvalue weighted by Crippen LogP contribution is 2.13. The molecular weight excluding hydrogens is 463 g/mol. The first-order valence-electron chi connectivity index (χ1n) is 7.66. The van der Waals surface area contributed by atoms with Crippen molar-refractivity contribution in [1.82, 2.24) is 20.2 Å². The van der Waals surface area contributed by atoms with Crippen molar-refractivity contribution >= 4 is 41.5 Å². The second kappa shape index (κ2) is 11.2. The number of aliphatic imine (C=N–C) groups is 1. The van der Waals surface area contributed by atoms with E-state index in [1.807, 2.05) is 31.2 Å². The van der Waals surface area contributed by atoms with Gasteiger partial charge < -0.3 is 10.6 Å². The van der Waals surface area contributed by atoms with Crippen LogP contribution in [-0.4, -0.2) is 28.6 Å². The van der Waals surface area contributed by atoms with Crippen LogP contribution in [0.3, 0.4) is 0 Å². The zero-order valence-electron chi connectivity index (χ0n) is 13.8. The number of guanidine groups is 1. The van der Waals surface area contributed by atoms with Crippen LogP contribution in [0.2, 0.25) is 5.02 Å². The number of alkyl halides is 2. The van der Waals surface area contributed by atoms with Gasteiger partial charge in [-0.15, -0.1) is 24.0 Å². The summed E-state index contributed by atoms with van der Waals surface area (Å²) in [6.45, 7) is 0.745. The Morgan fingerprint density at radius 2 is 2.00 bits per heavy atom. The lowest BCUT2D eigenvalue weighted by Gasteiger charge is -2.11. The summed E-state index contributed by atoms with van der Waals surface area (Å²) in [5.74, 6) is 0.787. The highest BCUT2D eigenvalue weighted by Gasteiger charge is 2.10. The standard InChI is InChI=1S/C16H20ClF2N5.HI/c1-2-20-16(22-8-7-12-3-5-13(17)6-4-12)23-11-14-21-9-10-24(14)15(18)19;/h3-6,9-10,15H,2,7-8,11H2,1H3,(H2,20,22,23);1H. The fourth-order valence-electron chi connectivity index (χ4n) is 2.11. The van der Waals surface area contributed by atoms with Crippen LogP contribution in [0.25, 0.3) is 0 Å². The van der Waals surface area contributed by atoms with Crippen LogP contribution in [0.1, 0.15) is 24.9 Å². The molecule has 0 atom stereocenters. The monoisotopic (exact) mass is 483 g/mol. The zero-order chi connectivity index (χ0) is 17.4. The van der Waals surface area contributed by atoms with Gasteiger partial charge in [-0.25, -0.2) is 9.98 Å². The molecule has 1 heterocycles. The molecule has 2 N–H and O–H groups in total. The third-order valence-electron chi connectivity index (χ3n) is 3.30. The number of hydrogen-bond acceptors (Lipinski definition) is 2. The minimum Gasteiger partial charge on any atom is -0.357 e. The van der Waals surface area contributed by atoms with Crippen molar-refractivity contribution in [2.24, 2.45) is 4.99 Å². The Morgan fingerprint density at radius 3 is 2.64 bits per heavy atom. The van der Waals surface area contributed by atoms with Crippen LogP contribution in [0, 0.1) is 0 Å². The number of benzene rings is 1. The van der Waals surface area contributed by atoms with Gasteiger partial charge in [-0.2, -0.15) is 8.78 Å². The maximum absolute atomic E-state index is 12.8. The second-order valence-electron chi connectivity index (χ2n) is 5.03. The van der Waals surface area contributed by atoms with Gasteiger partial charge in [0.2, 0.25) is 0 Å². The van der Waals surface area contributed by atoms with Crippen molar-refractivity contribution in [3.8, 4) is 0 Å². The van der Waals surface area contributed by atoms with Gasteiger partial charge in [-0.1, -0.05) is 23.7 Å². The fraction of sp³-hybridized carbons (Fsp3) is 0.375. The number of rotatable bonds is 7. The first kappa shape index (κ1) is 21.6. The Labute approximate surface area is 167 Å². The van der Waals surface area contributed by atoms with Crippen molar-refractivity contribution < 1.29 is 8.78 Å². The largest absolute Gasteiger partial charge is 0.357 e. The minimum absolute atomic E-state index is 0. The average Bonchev–Trinajstić information content (AvgIpc) is 3.03. The van der Waals surface area contributed by atoms with Crippen molar-refractivity contribution in [2.45, 2.75) is 26.4 Å². The predicted molar refractivity (Wildman–Crippen MR) is 107 cm³/mol. The number of aromatic nitrogens is 2. The summed E-state index contributed by atoms with van der Waals surface area (Å²) < 4.78 is 26.4.